The van der Waals surface area contributed by atoms with Crippen LogP contribution in [-0.2, 0) is 10.0 Å². The number of sulfonamides is 1. The van der Waals surface area contributed by atoms with E-state index < -0.39 is 37.3 Å². The maximum absolute atomic E-state index is 16.5. The number of hydrogen-bond donors (Lipinski definition) is 3. The van der Waals surface area contributed by atoms with Crippen LogP contribution < -0.4 is 24.4 Å². The van der Waals surface area contributed by atoms with Gasteiger partial charge >= 0.3 is 0 Å². The number of likely N-dealkylation sites (tertiary alicyclic amines) is 1. The lowest BCUT2D eigenvalue weighted by molar-refractivity contribution is -0.384. The first-order valence-electron chi connectivity index (χ1n) is 23.5. The molecule has 2 aromatic heterocycles. The number of carbonyl (C=O) groups is 1. The van der Waals surface area contributed by atoms with E-state index in [2.05, 4.69) is 75.1 Å². The molecule has 0 unspecified atom stereocenters. The molecule has 354 valence electrons. The first kappa shape index (κ1) is 45.0. The molecule has 3 N–H and O–H groups in total. The lowest BCUT2D eigenvalue weighted by Crippen LogP contribution is -2.55. The SMILES string of the molecule is CC(C)c1ccccc1[C@@H]1CCCN1C1CC2(CCN(c3cc(Oc4cnc5[nH]ccc5c4)c(C(=O)NS(=O)(=O)c4cc5c(c([N+](=O)[O-])c4)N[C@@H](CN4CCN(C)CC4)CO5)cc3F)CC2)C1. The second-order valence-corrected chi connectivity index (χ2v) is 21.2. The summed E-state index contributed by atoms with van der Waals surface area (Å²) in [5.41, 5.74) is 3.07. The number of benzene rings is 3. The Bertz CT molecular complexity index is 2800. The van der Waals surface area contributed by atoms with Crippen LogP contribution in [0.1, 0.15) is 85.8 Å². The number of nitrogens with zero attached hydrogens (tertiary/aromatic N) is 6. The smallest absolute Gasteiger partial charge is 0.297 e. The van der Waals surface area contributed by atoms with Crippen LogP contribution in [0.3, 0.4) is 0 Å². The van der Waals surface area contributed by atoms with Crippen molar-refractivity contribution >= 4 is 44.0 Å². The zero-order valence-corrected chi connectivity index (χ0v) is 39.0. The summed E-state index contributed by atoms with van der Waals surface area (Å²) in [6.45, 7) is 11.0. The minimum atomic E-state index is -4.77. The molecular formula is C49H58FN9O7S. The molecule has 1 amide bonds. The number of rotatable bonds is 12. The Morgan fingerprint density at radius 3 is 2.58 bits per heavy atom. The number of halogens is 1. The van der Waals surface area contributed by atoms with Gasteiger partial charge in [0.1, 0.15) is 29.6 Å². The number of fused-ring (bicyclic) bond motifs is 2. The molecule has 4 fully saturated rings. The Morgan fingerprint density at radius 1 is 1.04 bits per heavy atom. The number of piperidine rings is 1. The van der Waals surface area contributed by atoms with E-state index >= 15 is 4.39 Å². The monoisotopic (exact) mass is 935 g/mol. The van der Waals surface area contributed by atoms with E-state index in [1.165, 1.54) is 36.2 Å². The zero-order chi connectivity index (χ0) is 46.6. The average molecular weight is 936 g/mol. The van der Waals surface area contributed by atoms with Gasteiger partial charge < -0.3 is 29.6 Å². The van der Waals surface area contributed by atoms with E-state index in [-0.39, 0.29) is 52.3 Å². The number of nitro groups is 1. The Kier molecular flexibility index (Phi) is 12.1. The van der Waals surface area contributed by atoms with Crippen molar-refractivity contribution < 1.29 is 32.0 Å². The number of pyridine rings is 1. The topological polar surface area (TPSA) is 179 Å². The number of ether oxygens (including phenoxy) is 2. The molecule has 1 aliphatic carbocycles. The van der Waals surface area contributed by atoms with Gasteiger partial charge in [-0.15, -0.1) is 0 Å². The number of hydrogen-bond acceptors (Lipinski definition) is 13. The molecule has 18 heteroatoms. The van der Waals surface area contributed by atoms with Crippen molar-refractivity contribution in [3.63, 3.8) is 0 Å². The maximum atomic E-state index is 16.5. The van der Waals surface area contributed by atoms with Crippen molar-refractivity contribution in [2.45, 2.75) is 81.3 Å². The highest BCUT2D eigenvalue weighted by Gasteiger charge is 2.50. The first-order valence-corrected chi connectivity index (χ1v) is 24.9. The molecule has 5 aromatic rings. The van der Waals surface area contributed by atoms with Crippen LogP contribution in [0.15, 0.2) is 78.0 Å². The van der Waals surface area contributed by atoms with E-state index in [1.807, 2.05) is 9.62 Å². The van der Waals surface area contributed by atoms with Crippen molar-refractivity contribution in [3.8, 4) is 17.2 Å². The zero-order valence-electron chi connectivity index (χ0n) is 38.2. The van der Waals surface area contributed by atoms with Crippen LogP contribution in [0.2, 0.25) is 0 Å². The summed E-state index contributed by atoms with van der Waals surface area (Å²) in [6.07, 6.45) is 9.52. The molecule has 5 aliphatic rings. The van der Waals surface area contributed by atoms with Gasteiger partial charge in [-0.3, -0.25) is 24.7 Å². The van der Waals surface area contributed by atoms with Crippen LogP contribution in [0, 0.1) is 21.3 Å². The van der Waals surface area contributed by atoms with Crippen LogP contribution in [-0.4, -0.2) is 122 Å². The molecule has 16 nitrogen and oxygen atoms in total. The Morgan fingerprint density at radius 2 is 1.82 bits per heavy atom. The Hall–Kier alpha value is -5.82. The highest BCUT2D eigenvalue weighted by Crippen LogP contribution is 2.54. The summed E-state index contributed by atoms with van der Waals surface area (Å²) in [7, 11) is -2.72. The van der Waals surface area contributed by atoms with Gasteiger partial charge in [0.2, 0.25) is 0 Å². The number of piperazine rings is 1. The molecule has 4 aliphatic heterocycles. The Balaban J connectivity index is 0.864. The van der Waals surface area contributed by atoms with Gasteiger partial charge in [-0.2, -0.15) is 0 Å². The second kappa shape index (κ2) is 18.0. The van der Waals surface area contributed by atoms with Gasteiger partial charge in [0.25, 0.3) is 21.6 Å². The van der Waals surface area contributed by atoms with Gasteiger partial charge in [-0.1, -0.05) is 38.1 Å². The largest absolute Gasteiger partial charge is 0.489 e. The lowest BCUT2D eigenvalue weighted by atomic mass is 9.59. The van der Waals surface area contributed by atoms with Gasteiger partial charge in [0.05, 0.1) is 33.3 Å². The molecule has 67 heavy (non-hydrogen) atoms. The van der Waals surface area contributed by atoms with Gasteiger partial charge in [-0.05, 0) is 92.8 Å². The van der Waals surface area contributed by atoms with Crippen LogP contribution in [0.5, 0.6) is 17.2 Å². The fourth-order valence-electron chi connectivity index (χ4n) is 11.1. The van der Waals surface area contributed by atoms with Crippen molar-refractivity contribution in [3.05, 3.63) is 106 Å². The molecule has 1 spiro atoms. The molecule has 0 bridgehead atoms. The highest BCUT2D eigenvalue weighted by molar-refractivity contribution is 7.90. The predicted octanol–water partition coefficient (Wildman–Crippen LogP) is 7.65. The molecule has 0 radical (unpaired) electrons. The first-order chi connectivity index (χ1) is 32.2. The Labute approximate surface area is 390 Å². The third-order valence-electron chi connectivity index (χ3n) is 14.8. The van der Waals surface area contributed by atoms with Gasteiger partial charge in [0, 0.05) is 87.7 Å². The number of nitrogens with one attached hydrogen (secondary N) is 3. The van der Waals surface area contributed by atoms with Crippen LogP contribution in [0.4, 0.5) is 21.5 Å². The number of anilines is 2. The number of likely N-dealkylation sites (N-methyl/N-ethyl adjacent to an activating group) is 1. The molecular weight excluding hydrogens is 878 g/mol. The summed E-state index contributed by atoms with van der Waals surface area (Å²) in [5.74, 6) is -1.30. The number of H-pyrrole nitrogens is 1. The number of aromatic nitrogens is 2. The quantitative estimate of drug-likeness (QED) is 0.0822. The standard InChI is InChI=1S/C49H58FN9O7S/c1-31(2)37-7-4-5-8-38(37)41-9-6-14-58(41)34-26-49(27-34)11-15-57(16-12-49)42-25-44(66-35-21-32-10-13-51-47(32)52-28-35)39(24-40(42)50)48(60)54-67(63,64)36-22-43(59(61)62)46-45(23-36)65-30-33(53-46)29-56-19-17-55(3)18-20-56/h4-5,7-8,10,13,21-25,28,31,33-34,41,53H,6,9,11-12,14-20,26-27,29-30H2,1-3H3,(H,51,52)(H,54,60)/t33-,41-/m0/s1. The van der Waals surface area contributed by atoms with E-state index in [4.69, 9.17) is 9.47 Å². The second-order valence-electron chi connectivity index (χ2n) is 19.5. The van der Waals surface area contributed by atoms with Crippen molar-refractivity contribution in [1.82, 2.24) is 29.4 Å². The van der Waals surface area contributed by atoms with Gasteiger partial charge in [0.15, 0.2) is 11.4 Å². The molecule has 6 heterocycles. The fraction of sp³-hybridized carbons (Fsp3) is 0.469. The number of carbonyl (C=O) groups excluding carboxylic acids is 1. The van der Waals surface area contributed by atoms with Crippen molar-refractivity contribution in [2.75, 3.05) is 76.2 Å². The third-order valence-corrected chi connectivity index (χ3v) is 16.1. The molecule has 2 atom stereocenters. The molecule has 10 rings (SSSR count). The normalized spacial score (nSPS) is 21.5. The van der Waals surface area contributed by atoms with E-state index in [9.17, 15) is 23.3 Å². The summed E-state index contributed by atoms with van der Waals surface area (Å²) >= 11 is 0. The summed E-state index contributed by atoms with van der Waals surface area (Å²) in [4.78, 5) is 41.8. The molecule has 3 aromatic carbocycles. The molecule has 1 saturated carbocycles. The highest BCUT2D eigenvalue weighted by atomic mass is 32.2. The fourth-order valence-corrected chi connectivity index (χ4v) is 12.1. The van der Waals surface area contributed by atoms with Crippen LogP contribution >= 0.6 is 0 Å². The van der Waals surface area contributed by atoms with Crippen molar-refractivity contribution in [1.29, 1.82) is 0 Å². The van der Waals surface area contributed by atoms with Gasteiger partial charge in [-0.25, -0.2) is 22.5 Å². The number of nitro benzene ring substituents is 1. The third kappa shape index (κ3) is 9.03. The van der Waals surface area contributed by atoms with Crippen molar-refractivity contribution in [2.24, 2.45) is 5.41 Å². The van der Waals surface area contributed by atoms with E-state index in [1.54, 1.807) is 18.3 Å². The maximum Gasteiger partial charge on any atom is 0.297 e. The minimum Gasteiger partial charge on any atom is -0.489 e. The summed E-state index contributed by atoms with van der Waals surface area (Å²) in [6, 6.07) is 17.5. The van der Waals surface area contributed by atoms with E-state index in [0.29, 0.717) is 43.3 Å². The number of aromatic amines is 1. The predicted molar refractivity (Wildman–Crippen MR) is 253 cm³/mol. The summed E-state index contributed by atoms with van der Waals surface area (Å²) < 4.78 is 58.6. The van der Waals surface area contributed by atoms with E-state index in [0.717, 1.165) is 82.0 Å². The number of amides is 1. The molecule has 3 saturated heterocycles. The average Bonchev–Trinajstić information content (AvgIpc) is 3.99. The van der Waals surface area contributed by atoms with Crippen LogP contribution in [0.25, 0.3) is 11.0 Å². The summed E-state index contributed by atoms with van der Waals surface area (Å²) in [5, 5.41) is 16.3. The minimum absolute atomic E-state index is 0.0305. The lowest BCUT2D eigenvalue weighted by Gasteiger charge is -2.56.